The third-order valence-corrected chi connectivity index (χ3v) is 4.57. The van der Waals surface area contributed by atoms with E-state index in [-0.39, 0.29) is 5.91 Å². The number of nitrogens with one attached hydrogen (secondary N) is 1. The van der Waals surface area contributed by atoms with Crippen LogP contribution in [0.5, 0.6) is 0 Å². The fourth-order valence-electron chi connectivity index (χ4n) is 1.73. The van der Waals surface area contributed by atoms with Gasteiger partial charge in [0.25, 0.3) is 5.91 Å². The molecule has 1 N–H and O–H groups in total. The van der Waals surface area contributed by atoms with Crippen LogP contribution in [0.4, 0.5) is 5.69 Å². The molecule has 0 saturated carbocycles. The van der Waals surface area contributed by atoms with Crippen LogP contribution in [-0.2, 0) is 0 Å². The maximum Gasteiger partial charge on any atom is 0.256 e. The summed E-state index contributed by atoms with van der Waals surface area (Å²) in [6.45, 7) is 4.01. The van der Waals surface area contributed by atoms with E-state index in [1.54, 1.807) is 0 Å². The third kappa shape index (κ3) is 3.57. The summed E-state index contributed by atoms with van der Waals surface area (Å²) in [6, 6.07) is 11.6. The quantitative estimate of drug-likeness (QED) is 0.674. The highest BCUT2D eigenvalue weighted by molar-refractivity contribution is 14.1. The minimum atomic E-state index is -0.0777. The monoisotopic (exact) mass is 429 g/mol. The van der Waals surface area contributed by atoms with Crippen molar-refractivity contribution in [2.75, 3.05) is 5.32 Å². The van der Waals surface area contributed by atoms with E-state index in [1.807, 2.05) is 50.2 Å². The summed E-state index contributed by atoms with van der Waals surface area (Å²) in [7, 11) is 0. The van der Waals surface area contributed by atoms with E-state index in [2.05, 4.69) is 43.8 Å². The molecule has 4 heteroatoms. The van der Waals surface area contributed by atoms with Crippen molar-refractivity contribution in [3.05, 3.63) is 61.1 Å². The zero-order valence-corrected chi connectivity index (χ0v) is 14.4. The lowest BCUT2D eigenvalue weighted by Gasteiger charge is -2.09. The predicted molar refractivity (Wildman–Crippen MR) is 90.7 cm³/mol. The first-order valence-corrected chi connectivity index (χ1v) is 7.68. The summed E-state index contributed by atoms with van der Waals surface area (Å²) >= 11 is 5.63. The van der Waals surface area contributed by atoms with Crippen molar-refractivity contribution >= 4 is 50.1 Å². The highest BCUT2D eigenvalue weighted by atomic mass is 127. The summed E-state index contributed by atoms with van der Waals surface area (Å²) < 4.78 is 2.00. The Labute approximate surface area is 134 Å². The van der Waals surface area contributed by atoms with E-state index < -0.39 is 0 Å². The Kier molecular flexibility index (Phi) is 4.62. The first-order chi connectivity index (χ1) is 8.97. The molecular formula is C15H13BrINO. The molecule has 0 aliphatic heterocycles. The van der Waals surface area contributed by atoms with Crippen LogP contribution in [0.3, 0.4) is 0 Å². The molecule has 0 atom stereocenters. The van der Waals surface area contributed by atoms with Gasteiger partial charge in [-0.1, -0.05) is 27.6 Å². The molecule has 0 bridgehead atoms. The Morgan fingerprint density at radius 3 is 2.53 bits per heavy atom. The topological polar surface area (TPSA) is 29.1 Å². The van der Waals surface area contributed by atoms with Gasteiger partial charge in [-0.3, -0.25) is 4.79 Å². The second-order valence-electron chi connectivity index (χ2n) is 4.40. The predicted octanol–water partition coefficient (Wildman–Crippen LogP) is 4.92. The van der Waals surface area contributed by atoms with Gasteiger partial charge in [-0.15, -0.1) is 0 Å². The number of halogens is 2. The smallest absolute Gasteiger partial charge is 0.256 e. The van der Waals surface area contributed by atoms with E-state index in [4.69, 9.17) is 0 Å². The highest BCUT2D eigenvalue weighted by Gasteiger charge is 2.10. The Balaban J connectivity index is 2.23. The van der Waals surface area contributed by atoms with E-state index in [1.165, 1.54) is 0 Å². The molecule has 0 aromatic heterocycles. The van der Waals surface area contributed by atoms with E-state index in [9.17, 15) is 4.79 Å². The number of rotatable bonds is 2. The minimum absolute atomic E-state index is 0.0777. The lowest BCUT2D eigenvalue weighted by molar-refractivity contribution is 0.102. The van der Waals surface area contributed by atoms with Gasteiger partial charge in [-0.25, -0.2) is 0 Å². The molecule has 0 spiro atoms. The Morgan fingerprint density at radius 1 is 1.16 bits per heavy atom. The molecule has 2 aromatic carbocycles. The number of carbonyl (C=O) groups excluding carboxylic acids is 1. The van der Waals surface area contributed by atoms with Gasteiger partial charge >= 0.3 is 0 Å². The van der Waals surface area contributed by atoms with Gasteiger partial charge < -0.3 is 5.32 Å². The molecule has 19 heavy (non-hydrogen) atoms. The van der Waals surface area contributed by atoms with Gasteiger partial charge in [-0.05, 0) is 72.3 Å². The summed E-state index contributed by atoms with van der Waals surface area (Å²) in [5, 5.41) is 2.92. The first kappa shape index (κ1) is 14.5. The van der Waals surface area contributed by atoms with Gasteiger partial charge in [0, 0.05) is 13.7 Å². The van der Waals surface area contributed by atoms with Crippen LogP contribution in [0, 0.1) is 17.4 Å². The standard InChI is InChI=1S/C15H13BrINO/c1-9-3-5-12(14(17)7-9)15(19)18-11-4-6-13(16)10(2)8-11/h3-8H,1-2H3,(H,18,19). The molecule has 2 aromatic rings. The first-order valence-electron chi connectivity index (χ1n) is 5.81. The van der Waals surface area contributed by atoms with E-state index in [0.717, 1.165) is 24.9 Å². The van der Waals surface area contributed by atoms with E-state index >= 15 is 0 Å². The van der Waals surface area contributed by atoms with Crippen molar-refractivity contribution in [2.24, 2.45) is 0 Å². The second kappa shape index (κ2) is 6.05. The van der Waals surface area contributed by atoms with Crippen LogP contribution in [0.2, 0.25) is 0 Å². The molecule has 98 valence electrons. The average molecular weight is 430 g/mol. The molecule has 1 amide bonds. The number of hydrogen-bond donors (Lipinski definition) is 1. The van der Waals surface area contributed by atoms with Crippen molar-refractivity contribution < 1.29 is 4.79 Å². The van der Waals surface area contributed by atoms with Crippen LogP contribution >= 0.6 is 38.5 Å². The number of carbonyl (C=O) groups is 1. The number of hydrogen-bond acceptors (Lipinski definition) is 1. The summed E-state index contributed by atoms with van der Waals surface area (Å²) in [6.07, 6.45) is 0. The van der Waals surface area contributed by atoms with E-state index in [0.29, 0.717) is 5.56 Å². The van der Waals surface area contributed by atoms with Crippen molar-refractivity contribution in [3.8, 4) is 0 Å². The maximum atomic E-state index is 12.2. The zero-order chi connectivity index (χ0) is 14.0. The number of aryl methyl sites for hydroxylation is 2. The maximum absolute atomic E-state index is 12.2. The fourth-order valence-corrected chi connectivity index (χ4v) is 2.89. The number of anilines is 1. The zero-order valence-electron chi connectivity index (χ0n) is 10.6. The van der Waals surface area contributed by atoms with Gasteiger partial charge in [-0.2, -0.15) is 0 Å². The fraction of sp³-hybridized carbons (Fsp3) is 0.133. The van der Waals surface area contributed by atoms with Gasteiger partial charge in [0.05, 0.1) is 5.56 Å². The van der Waals surface area contributed by atoms with Gasteiger partial charge in [0.1, 0.15) is 0 Å². The molecule has 0 aliphatic carbocycles. The molecule has 0 radical (unpaired) electrons. The lowest BCUT2D eigenvalue weighted by atomic mass is 10.1. The summed E-state index contributed by atoms with van der Waals surface area (Å²) in [5.41, 5.74) is 3.76. The molecular weight excluding hydrogens is 417 g/mol. The molecule has 0 unspecified atom stereocenters. The van der Waals surface area contributed by atoms with Gasteiger partial charge in [0.2, 0.25) is 0 Å². The average Bonchev–Trinajstić information content (AvgIpc) is 2.33. The van der Waals surface area contributed by atoms with Crippen molar-refractivity contribution in [2.45, 2.75) is 13.8 Å². The Morgan fingerprint density at radius 2 is 1.89 bits per heavy atom. The lowest BCUT2D eigenvalue weighted by Crippen LogP contribution is -2.13. The van der Waals surface area contributed by atoms with Crippen molar-refractivity contribution in [1.82, 2.24) is 0 Å². The van der Waals surface area contributed by atoms with Gasteiger partial charge in [0.15, 0.2) is 0 Å². The second-order valence-corrected chi connectivity index (χ2v) is 6.42. The van der Waals surface area contributed by atoms with Crippen LogP contribution in [-0.4, -0.2) is 5.91 Å². The Hall–Kier alpha value is -0.880. The molecule has 0 fully saturated rings. The SMILES string of the molecule is Cc1ccc(C(=O)Nc2ccc(Br)c(C)c2)c(I)c1. The molecule has 2 rings (SSSR count). The third-order valence-electron chi connectivity index (χ3n) is 2.79. The highest BCUT2D eigenvalue weighted by Crippen LogP contribution is 2.21. The van der Waals surface area contributed by atoms with Crippen LogP contribution < -0.4 is 5.32 Å². The van der Waals surface area contributed by atoms with Crippen LogP contribution in [0.15, 0.2) is 40.9 Å². The minimum Gasteiger partial charge on any atom is -0.322 e. The molecule has 2 nitrogen and oxygen atoms in total. The van der Waals surface area contributed by atoms with Crippen LogP contribution in [0.25, 0.3) is 0 Å². The molecule has 0 aliphatic rings. The van der Waals surface area contributed by atoms with Crippen molar-refractivity contribution in [1.29, 1.82) is 0 Å². The normalized spacial score (nSPS) is 10.3. The molecule has 0 saturated heterocycles. The number of amides is 1. The molecule has 0 heterocycles. The van der Waals surface area contributed by atoms with Crippen LogP contribution in [0.1, 0.15) is 21.5 Å². The summed E-state index contributed by atoms with van der Waals surface area (Å²) in [5.74, 6) is -0.0777. The largest absolute Gasteiger partial charge is 0.322 e. The van der Waals surface area contributed by atoms with Crippen molar-refractivity contribution in [3.63, 3.8) is 0 Å². The Bertz CT molecular complexity index is 640. The number of benzene rings is 2. The summed E-state index contributed by atoms with van der Waals surface area (Å²) in [4.78, 5) is 12.2.